The molecule has 1 heterocycles. The lowest BCUT2D eigenvalue weighted by Gasteiger charge is -2.26. The minimum absolute atomic E-state index is 0.119. The summed E-state index contributed by atoms with van der Waals surface area (Å²) in [5, 5.41) is 22.9. The maximum absolute atomic E-state index is 12.6. The standard InChI is InChI=1S/C16H17N3O6/c1-3-6-16(2,15(22)23)18-14(21)11-8-13(20)17-12-5-4-9(19(24)25)7-10(11)12/h4-5,7-8H,3,6H2,1-2H3,(H,17,20)(H,18,21)(H,22,23). The minimum atomic E-state index is -1.51. The zero-order valence-electron chi connectivity index (χ0n) is 13.7. The van der Waals surface area contributed by atoms with Crippen LogP contribution in [0.15, 0.2) is 29.1 Å². The van der Waals surface area contributed by atoms with Crippen LogP contribution in [-0.4, -0.2) is 32.4 Å². The molecular formula is C16H17N3O6. The molecule has 25 heavy (non-hydrogen) atoms. The van der Waals surface area contributed by atoms with Gasteiger partial charge in [0, 0.05) is 29.1 Å². The van der Waals surface area contributed by atoms with E-state index in [-0.39, 0.29) is 28.6 Å². The van der Waals surface area contributed by atoms with Crippen LogP contribution in [0, 0.1) is 10.1 Å². The summed E-state index contributed by atoms with van der Waals surface area (Å²) in [6, 6.07) is 4.69. The van der Waals surface area contributed by atoms with Crippen molar-refractivity contribution in [3.63, 3.8) is 0 Å². The van der Waals surface area contributed by atoms with E-state index < -0.39 is 27.9 Å². The number of aromatic nitrogens is 1. The van der Waals surface area contributed by atoms with Crippen molar-refractivity contribution < 1.29 is 19.6 Å². The van der Waals surface area contributed by atoms with Crippen LogP contribution < -0.4 is 10.9 Å². The fourth-order valence-corrected chi connectivity index (χ4v) is 2.58. The monoisotopic (exact) mass is 347 g/mol. The highest BCUT2D eigenvalue weighted by Gasteiger charge is 2.34. The first-order chi connectivity index (χ1) is 11.7. The number of pyridine rings is 1. The van der Waals surface area contributed by atoms with Crippen LogP contribution in [0.4, 0.5) is 5.69 Å². The third-order valence-corrected chi connectivity index (χ3v) is 3.89. The molecule has 1 aromatic heterocycles. The molecule has 9 nitrogen and oxygen atoms in total. The number of hydrogen-bond donors (Lipinski definition) is 3. The summed E-state index contributed by atoms with van der Waals surface area (Å²) in [5.41, 5.74) is -2.20. The molecule has 0 aliphatic carbocycles. The van der Waals surface area contributed by atoms with E-state index in [1.807, 2.05) is 0 Å². The van der Waals surface area contributed by atoms with Gasteiger partial charge in [0.2, 0.25) is 5.56 Å². The molecule has 0 bridgehead atoms. The van der Waals surface area contributed by atoms with E-state index in [2.05, 4.69) is 10.3 Å². The minimum Gasteiger partial charge on any atom is -0.480 e. The van der Waals surface area contributed by atoms with E-state index >= 15 is 0 Å². The van der Waals surface area contributed by atoms with Crippen molar-refractivity contribution in [1.82, 2.24) is 10.3 Å². The van der Waals surface area contributed by atoms with Crippen molar-refractivity contribution >= 4 is 28.5 Å². The van der Waals surface area contributed by atoms with E-state index in [0.29, 0.717) is 6.42 Å². The Morgan fingerprint density at radius 2 is 2.04 bits per heavy atom. The number of carbonyl (C=O) groups is 2. The van der Waals surface area contributed by atoms with Gasteiger partial charge in [0.15, 0.2) is 0 Å². The largest absolute Gasteiger partial charge is 0.480 e. The topological polar surface area (TPSA) is 142 Å². The Morgan fingerprint density at radius 3 is 2.60 bits per heavy atom. The fourth-order valence-electron chi connectivity index (χ4n) is 2.58. The average Bonchev–Trinajstić information content (AvgIpc) is 2.53. The quantitative estimate of drug-likeness (QED) is 0.537. The molecule has 1 aromatic carbocycles. The highest BCUT2D eigenvalue weighted by atomic mass is 16.6. The van der Waals surface area contributed by atoms with Crippen molar-refractivity contribution in [1.29, 1.82) is 0 Å². The number of aromatic amines is 1. The van der Waals surface area contributed by atoms with Crippen LogP contribution in [0.1, 0.15) is 37.0 Å². The number of nitrogens with one attached hydrogen (secondary N) is 2. The maximum Gasteiger partial charge on any atom is 0.329 e. The number of hydrogen-bond acceptors (Lipinski definition) is 5. The van der Waals surface area contributed by atoms with Gasteiger partial charge in [-0.3, -0.25) is 19.7 Å². The SMILES string of the molecule is CCCC(C)(NC(=O)c1cc(=O)[nH]c2ccc([N+](=O)[O-])cc12)C(=O)O. The summed E-state index contributed by atoms with van der Waals surface area (Å²) < 4.78 is 0. The molecule has 0 spiro atoms. The number of carboxylic acids is 1. The van der Waals surface area contributed by atoms with Crippen molar-refractivity contribution in [3.8, 4) is 0 Å². The van der Waals surface area contributed by atoms with Crippen LogP contribution in [-0.2, 0) is 4.79 Å². The zero-order chi connectivity index (χ0) is 18.8. The molecule has 0 saturated carbocycles. The summed E-state index contributed by atoms with van der Waals surface area (Å²) in [6.45, 7) is 3.15. The molecule has 1 amide bonds. The van der Waals surface area contributed by atoms with Crippen molar-refractivity contribution in [3.05, 3.63) is 50.3 Å². The Hall–Kier alpha value is -3.23. The van der Waals surface area contributed by atoms with Gasteiger partial charge < -0.3 is 15.4 Å². The molecule has 0 radical (unpaired) electrons. The lowest BCUT2D eigenvalue weighted by Crippen LogP contribution is -2.52. The van der Waals surface area contributed by atoms with Gasteiger partial charge in [0.1, 0.15) is 5.54 Å². The summed E-state index contributed by atoms with van der Waals surface area (Å²) in [7, 11) is 0. The first kappa shape index (κ1) is 18.1. The third-order valence-electron chi connectivity index (χ3n) is 3.89. The summed E-state index contributed by atoms with van der Waals surface area (Å²) in [5.74, 6) is -1.99. The van der Waals surface area contributed by atoms with E-state index in [1.165, 1.54) is 19.1 Å². The van der Waals surface area contributed by atoms with Crippen LogP contribution in [0.3, 0.4) is 0 Å². The van der Waals surface area contributed by atoms with Gasteiger partial charge in [-0.1, -0.05) is 13.3 Å². The smallest absolute Gasteiger partial charge is 0.329 e. The van der Waals surface area contributed by atoms with Gasteiger partial charge in [-0.25, -0.2) is 4.79 Å². The summed E-state index contributed by atoms with van der Waals surface area (Å²) in [6.07, 6.45) is 0.708. The molecule has 2 rings (SSSR count). The molecule has 9 heteroatoms. The van der Waals surface area contributed by atoms with Crippen LogP contribution in [0.5, 0.6) is 0 Å². The second-order valence-electron chi connectivity index (χ2n) is 5.88. The van der Waals surface area contributed by atoms with E-state index in [0.717, 1.165) is 12.1 Å². The number of nitro groups is 1. The van der Waals surface area contributed by atoms with Crippen LogP contribution in [0.2, 0.25) is 0 Å². The number of amides is 1. The molecule has 0 fully saturated rings. The maximum atomic E-state index is 12.6. The summed E-state index contributed by atoms with van der Waals surface area (Å²) in [4.78, 5) is 48.7. The molecule has 2 aromatic rings. The number of carbonyl (C=O) groups excluding carboxylic acids is 1. The van der Waals surface area contributed by atoms with Gasteiger partial charge in [-0.2, -0.15) is 0 Å². The number of non-ortho nitro benzene ring substituents is 1. The number of fused-ring (bicyclic) bond motifs is 1. The Bertz CT molecular complexity index is 920. The third kappa shape index (κ3) is 3.65. The van der Waals surface area contributed by atoms with Crippen molar-refractivity contribution in [2.75, 3.05) is 0 Å². The first-order valence-corrected chi connectivity index (χ1v) is 7.55. The second kappa shape index (κ2) is 6.71. The molecule has 1 atom stereocenters. The fraction of sp³-hybridized carbons (Fsp3) is 0.312. The second-order valence-corrected chi connectivity index (χ2v) is 5.88. The highest BCUT2D eigenvalue weighted by molar-refractivity contribution is 6.07. The molecule has 3 N–H and O–H groups in total. The molecule has 132 valence electrons. The Balaban J connectivity index is 2.56. The number of rotatable bonds is 6. The van der Waals surface area contributed by atoms with Gasteiger partial charge >= 0.3 is 5.97 Å². The number of nitro benzene ring substituents is 1. The van der Waals surface area contributed by atoms with Gasteiger partial charge in [0.25, 0.3) is 11.6 Å². The number of benzene rings is 1. The molecule has 1 unspecified atom stereocenters. The van der Waals surface area contributed by atoms with E-state index in [9.17, 15) is 29.6 Å². The van der Waals surface area contributed by atoms with Crippen LogP contribution >= 0.6 is 0 Å². The number of aliphatic carboxylic acids is 1. The molecule has 0 saturated heterocycles. The number of nitrogens with zero attached hydrogens (tertiary/aromatic N) is 1. The lowest BCUT2D eigenvalue weighted by molar-refractivity contribution is -0.384. The van der Waals surface area contributed by atoms with E-state index in [1.54, 1.807) is 6.92 Å². The van der Waals surface area contributed by atoms with Gasteiger partial charge in [-0.15, -0.1) is 0 Å². The Labute approximate surface area is 141 Å². The normalized spacial score (nSPS) is 13.2. The Morgan fingerprint density at radius 1 is 1.36 bits per heavy atom. The number of H-pyrrole nitrogens is 1. The Kier molecular flexibility index (Phi) is 4.87. The predicted octanol–water partition coefficient (Wildman–Crippen LogP) is 1.81. The molecule has 0 aliphatic rings. The zero-order valence-corrected chi connectivity index (χ0v) is 13.7. The van der Waals surface area contributed by atoms with Gasteiger partial charge in [0.05, 0.1) is 10.5 Å². The number of carboxylic acid groups (broad SMARTS) is 1. The average molecular weight is 347 g/mol. The van der Waals surface area contributed by atoms with Crippen LogP contribution in [0.25, 0.3) is 10.9 Å². The highest BCUT2D eigenvalue weighted by Crippen LogP contribution is 2.22. The molecule has 0 aliphatic heterocycles. The predicted molar refractivity (Wildman–Crippen MR) is 89.6 cm³/mol. The first-order valence-electron chi connectivity index (χ1n) is 7.55. The van der Waals surface area contributed by atoms with E-state index in [4.69, 9.17) is 0 Å². The lowest BCUT2D eigenvalue weighted by atomic mass is 9.95. The summed E-state index contributed by atoms with van der Waals surface area (Å²) >= 11 is 0. The van der Waals surface area contributed by atoms with Gasteiger partial charge in [-0.05, 0) is 19.4 Å². The van der Waals surface area contributed by atoms with Crippen molar-refractivity contribution in [2.24, 2.45) is 0 Å². The molecular weight excluding hydrogens is 330 g/mol. The van der Waals surface area contributed by atoms with Crippen molar-refractivity contribution in [2.45, 2.75) is 32.2 Å².